The van der Waals surface area contributed by atoms with Crippen molar-refractivity contribution in [1.82, 2.24) is 9.80 Å². The molecule has 1 aliphatic heterocycles. The van der Waals surface area contributed by atoms with Gasteiger partial charge in [-0.05, 0) is 48.4 Å². The molecule has 2 N–H and O–H groups in total. The van der Waals surface area contributed by atoms with Crippen molar-refractivity contribution in [3.05, 3.63) is 48.0 Å². The molecular formula is C28H38N2O4. The SMILES string of the molecule is CCCCN(C(=O)O)C1CCN(C(=O)C(c2cccc3ccccc23)C2(O)CCCCC2)CC1. The van der Waals surface area contributed by atoms with Crippen LogP contribution in [0.5, 0.6) is 0 Å². The van der Waals surface area contributed by atoms with E-state index in [1.807, 2.05) is 47.4 Å². The van der Waals surface area contributed by atoms with Crippen LogP contribution in [-0.4, -0.2) is 63.3 Å². The molecule has 0 bridgehead atoms. The molecule has 2 aromatic rings. The summed E-state index contributed by atoms with van der Waals surface area (Å²) < 4.78 is 0. The molecule has 34 heavy (non-hydrogen) atoms. The second-order valence-electron chi connectivity index (χ2n) is 10.1. The van der Waals surface area contributed by atoms with Crippen LogP contribution in [0.4, 0.5) is 4.79 Å². The molecule has 0 spiro atoms. The first-order valence-electron chi connectivity index (χ1n) is 12.9. The minimum Gasteiger partial charge on any atom is -0.465 e. The van der Waals surface area contributed by atoms with E-state index >= 15 is 0 Å². The molecule has 6 heteroatoms. The summed E-state index contributed by atoms with van der Waals surface area (Å²) in [4.78, 5) is 29.3. The Balaban J connectivity index is 1.59. The number of amides is 2. The maximum atomic E-state index is 14.1. The van der Waals surface area contributed by atoms with Gasteiger partial charge >= 0.3 is 6.09 Å². The van der Waals surface area contributed by atoms with Gasteiger partial charge in [0.2, 0.25) is 5.91 Å². The van der Waals surface area contributed by atoms with E-state index in [9.17, 15) is 19.8 Å². The maximum Gasteiger partial charge on any atom is 0.407 e. The molecular weight excluding hydrogens is 428 g/mol. The van der Waals surface area contributed by atoms with E-state index in [2.05, 4.69) is 6.92 Å². The van der Waals surface area contributed by atoms with E-state index in [1.165, 1.54) is 0 Å². The molecule has 1 heterocycles. The number of unbranched alkanes of at least 4 members (excludes halogenated alkanes) is 1. The highest BCUT2D eigenvalue weighted by Crippen LogP contribution is 2.43. The molecule has 2 aromatic carbocycles. The molecule has 2 amide bonds. The fourth-order valence-corrected chi connectivity index (χ4v) is 5.95. The Hall–Kier alpha value is -2.60. The number of aliphatic hydroxyl groups is 1. The number of hydrogen-bond acceptors (Lipinski definition) is 3. The van der Waals surface area contributed by atoms with Crippen molar-refractivity contribution < 1.29 is 19.8 Å². The average Bonchev–Trinajstić information content (AvgIpc) is 2.85. The van der Waals surface area contributed by atoms with Crippen LogP contribution in [0.3, 0.4) is 0 Å². The van der Waals surface area contributed by atoms with Gasteiger partial charge in [0.1, 0.15) is 0 Å². The first-order valence-corrected chi connectivity index (χ1v) is 12.9. The van der Waals surface area contributed by atoms with E-state index < -0.39 is 17.6 Å². The van der Waals surface area contributed by atoms with Crippen molar-refractivity contribution >= 4 is 22.8 Å². The Morgan fingerprint density at radius 2 is 1.74 bits per heavy atom. The number of rotatable bonds is 7. The summed E-state index contributed by atoms with van der Waals surface area (Å²) in [5, 5.41) is 23.6. The van der Waals surface area contributed by atoms with Gasteiger partial charge in [0, 0.05) is 25.7 Å². The van der Waals surface area contributed by atoms with Crippen LogP contribution in [0.1, 0.15) is 76.2 Å². The third-order valence-electron chi connectivity index (χ3n) is 7.85. The smallest absolute Gasteiger partial charge is 0.407 e. The standard InChI is InChI=1S/C28H38N2O4/c1-2-3-18-30(27(32)33)22-14-19-29(20-15-22)26(31)25(28(34)16-7-4-8-17-28)24-13-9-11-21-10-5-6-12-23(21)24/h5-6,9-13,22,25,34H,2-4,7-8,14-20H2,1H3,(H,32,33). The van der Waals surface area contributed by atoms with Crippen molar-refractivity contribution in [2.24, 2.45) is 0 Å². The highest BCUT2D eigenvalue weighted by atomic mass is 16.4. The predicted octanol–water partition coefficient (Wildman–Crippen LogP) is 5.39. The maximum absolute atomic E-state index is 14.1. The lowest BCUT2D eigenvalue weighted by atomic mass is 9.71. The highest BCUT2D eigenvalue weighted by molar-refractivity contribution is 5.94. The number of carbonyl (C=O) groups is 2. The Bertz CT molecular complexity index is 988. The minimum absolute atomic E-state index is 0.0189. The number of carbonyl (C=O) groups excluding carboxylic acids is 1. The summed E-state index contributed by atoms with van der Waals surface area (Å²) in [5.41, 5.74) is -0.144. The highest BCUT2D eigenvalue weighted by Gasteiger charge is 2.46. The lowest BCUT2D eigenvalue weighted by Crippen LogP contribution is -2.53. The lowest BCUT2D eigenvalue weighted by Gasteiger charge is -2.43. The van der Waals surface area contributed by atoms with Crippen LogP contribution in [0.15, 0.2) is 42.5 Å². The molecule has 1 atom stereocenters. The summed E-state index contributed by atoms with van der Waals surface area (Å²) >= 11 is 0. The number of nitrogens with zero attached hydrogens (tertiary/aromatic N) is 2. The van der Waals surface area contributed by atoms with Crippen molar-refractivity contribution in [2.75, 3.05) is 19.6 Å². The van der Waals surface area contributed by atoms with E-state index in [0.717, 1.165) is 48.4 Å². The summed E-state index contributed by atoms with van der Waals surface area (Å²) in [7, 11) is 0. The van der Waals surface area contributed by atoms with Crippen molar-refractivity contribution in [3.8, 4) is 0 Å². The summed E-state index contributed by atoms with van der Waals surface area (Å²) in [6.45, 7) is 3.65. The van der Waals surface area contributed by atoms with Gasteiger partial charge in [0.05, 0.1) is 11.5 Å². The number of likely N-dealkylation sites (tertiary alicyclic amines) is 1. The first kappa shape index (κ1) is 24.5. The molecule has 6 nitrogen and oxygen atoms in total. The van der Waals surface area contributed by atoms with Gasteiger partial charge in [0.25, 0.3) is 0 Å². The van der Waals surface area contributed by atoms with E-state index in [0.29, 0.717) is 45.3 Å². The third kappa shape index (κ3) is 5.07. The van der Waals surface area contributed by atoms with Crippen LogP contribution >= 0.6 is 0 Å². The molecule has 2 fully saturated rings. The summed E-state index contributed by atoms with van der Waals surface area (Å²) in [5.74, 6) is -0.624. The normalized spacial score (nSPS) is 19.6. The van der Waals surface area contributed by atoms with Gasteiger partial charge in [-0.25, -0.2) is 4.79 Å². The van der Waals surface area contributed by atoms with Crippen LogP contribution < -0.4 is 0 Å². The lowest BCUT2D eigenvalue weighted by molar-refractivity contribution is -0.143. The Morgan fingerprint density at radius 1 is 1.06 bits per heavy atom. The number of benzene rings is 2. The fourth-order valence-electron chi connectivity index (χ4n) is 5.95. The number of carboxylic acid groups (broad SMARTS) is 1. The first-order chi connectivity index (χ1) is 16.4. The van der Waals surface area contributed by atoms with Crippen LogP contribution in [0.25, 0.3) is 10.8 Å². The quantitative estimate of drug-likeness (QED) is 0.573. The number of piperidine rings is 1. The molecule has 0 radical (unpaired) electrons. The largest absolute Gasteiger partial charge is 0.465 e. The number of fused-ring (bicyclic) bond motifs is 1. The molecule has 4 rings (SSSR count). The van der Waals surface area contributed by atoms with Crippen molar-refractivity contribution in [2.45, 2.75) is 82.3 Å². The van der Waals surface area contributed by atoms with Crippen LogP contribution in [0, 0.1) is 0 Å². The molecule has 1 aliphatic carbocycles. The zero-order valence-electron chi connectivity index (χ0n) is 20.3. The van der Waals surface area contributed by atoms with Gasteiger partial charge in [0.15, 0.2) is 0 Å². The van der Waals surface area contributed by atoms with E-state index in [4.69, 9.17) is 0 Å². The zero-order chi connectivity index (χ0) is 24.1. The average molecular weight is 467 g/mol. The van der Waals surface area contributed by atoms with E-state index in [1.54, 1.807) is 4.90 Å². The van der Waals surface area contributed by atoms with E-state index in [-0.39, 0.29) is 11.9 Å². The fraction of sp³-hybridized carbons (Fsp3) is 0.571. The van der Waals surface area contributed by atoms with Gasteiger partial charge in [-0.1, -0.05) is 75.1 Å². The molecule has 1 saturated heterocycles. The second-order valence-corrected chi connectivity index (χ2v) is 10.1. The monoisotopic (exact) mass is 466 g/mol. The minimum atomic E-state index is -1.05. The summed E-state index contributed by atoms with van der Waals surface area (Å²) in [6, 6.07) is 14.1. The Morgan fingerprint density at radius 3 is 2.41 bits per heavy atom. The third-order valence-corrected chi connectivity index (χ3v) is 7.85. The van der Waals surface area contributed by atoms with Gasteiger partial charge in [-0.3, -0.25) is 4.79 Å². The molecule has 184 valence electrons. The van der Waals surface area contributed by atoms with Gasteiger partial charge in [-0.15, -0.1) is 0 Å². The van der Waals surface area contributed by atoms with Gasteiger partial charge in [-0.2, -0.15) is 0 Å². The summed E-state index contributed by atoms with van der Waals surface area (Å²) in [6.07, 6.45) is 6.42. The van der Waals surface area contributed by atoms with Crippen molar-refractivity contribution in [1.29, 1.82) is 0 Å². The van der Waals surface area contributed by atoms with Gasteiger partial charge < -0.3 is 20.0 Å². The predicted molar refractivity (Wildman–Crippen MR) is 134 cm³/mol. The Labute approximate surface area is 202 Å². The number of hydrogen-bond donors (Lipinski definition) is 2. The second kappa shape index (κ2) is 10.8. The zero-order valence-corrected chi connectivity index (χ0v) is 20.3. The topological polar surface area (TPSA) is 81.1 Å². The molecule has 1 saturated carbocycles. The molecule has 0 aromatic heterocycles. The Kier molecular flexibility index (Phi) is 7.77. The molecule has 1 unspecified atom stereocenters. The molecule has 2 aliphatic rings. The van der Waals surface area contributed by atoms with Crippen molar-refractivity contribution in [3.63, 3.8) is 0 Å². The van der Waals surface area contributed by atoms with Crippen LogP contribution in [-0.2, 0) is 4.79 Å². The van der Waals surface area contributed by atoms with Crippen LogP contribution in [0.2, 0.25) is 0 Å².